The van der Waals surface area contributed by atoms with Gasteiger partial charge in [0.2, 0.25) is 76.8 Å². The molecular weight excluding hydrogens is 1580 g/mol. The number of carboxylic acids is 5. The number of hydrogen-bond donors (Lipinski definition) is 24. The molecule has 3 aliphatic carbocycles. The van der Waals surface area contributed by atoms with Crippen molar-refractivity contribution in [1.82, 2.24) is 68.8 Å². The Kier molecular flexibility index (Phi) is 35.6. The number of hydrogen-bond acceptors (Lipinski definition) is 25. The second-order valence-corrected chi connectivity index (χ2v) is 29.8. The van der Waals surface area contributed by atoms with Gasteiger partial charge in [0.05, 0.1) is 69.6 Å². The van der Waals surface area contributed by atoms with E-state index in [0.29, 0.717) is 41.0 Å². The zero-order valence-electron chi connectivity index (χ0n) is 69.3. The fourth-order valence-corrected chi connectivity index (χ4v) is 13.8. The molecule has 13 amide bonds. The van der Waals surface area contributed by atoms with Crippen molar-refractivity contribution < 1.29 is 136 Å². The van der Waals surface area contributed by atoms with Gasteiger partial charge >= 0.3 is 29.8 Å². The van der Waals surface area contributed by atoms with Crippen LogP contribution in [0.3, 0.4) is 0 Å². The van der Waals surface area contributed by atoms with Crippen LogP contribution in [0.2, 0.25) is 4.24 Å². The summed E-state index contributed by atoms with van der Waals surface area (Å²) in [5, 5.41) is 88.8. The highest BCUT2D eigenvalue weighted by molar-refractivity contribution is 6.12. The number of nitrogens with one attached hydrogen (secondary N) is 13. The van der Waals surface area contributed by atoms with E-state index in [-0.39, 0.29) is 41.0 Å². The van der Waals surface area contributed by atoms with Gasteiger partial charge in [-0.25, -0.2) is 0 Å². The Labute approximate surface area is 690 Å². The average molecular weight is 1690 g/mol. The van der Waals surface area contributed by atoms with E-state index in [1.165, 1.54) is 6.92 Å². The number of para-hydroxylation sites is 2. The predicted molar refractivity (Wildman–Crippen MR) is 418 cm³/mol. The number of rotatable bonds is 52. The number of anilines is 1. The summed E-state index contributed by atoms with van der Waals surface area (Å²) in [6.45, 7) is 1.09. The molecule has 2 aromatic carbocycles. The summed E-state index contributed by atoms with van der Waals surface area (Å²) < 4.78 is 26.3. The van der Waals surface area contributed by atoms with Gasteiger partial charge in [0.25, 0.3) is 0 Å². The quantitative estimate of drug-likeness (QED) is 0.0143. The normalized spacial score (nSPS) is 18.2. The highest BCUT2D eigenvalue weighted by atomic mass is 16.4. The standard InChI is InChI=1S/C76H107N17O27/c1-5-6-9-17-75-18-21-76(22-19-75,23-20-75)74(120)91-46(26-39-32-81-44-15-8-7-12-40(39)44)68(113)88-47(28-53(79)97)69(114)90-50(31-59(106)107)70(115)93-62(38(4)95)72(117)83-34-54(98)85-45(16-11-24-77)66(111)89-49(30-58(104)105)67(112)84-37(3)64(109)87-48(29-57(102)103)65(110)82-33-55(99)86-51(35-94)71(116)92-61(36(2)25-56(100)101)63(108)42-14-10-13-41(60(42)80)52(96)27-43(78)73(118)119/h7-8,10,12-15,32,36-38,43,45-51,61-62,81,94-95H,5-6,9,11,16-31,33-35,77-78,80H2,1-4H3,(H2,79,97)(H,82,110)(H,83,117)(H,84,112)(H,85,98)(H,86,99)(H,87,109)(H,88,113)(H,89,111)(H,90,114)(H,91,120)(H,92,116)(H,93,115)(H,100,101)(H,102,103)(H,104,105)(H,106,107)(H,118,119)/t36-,37+,38-,43+,45+,46+,47+,48+,49+,50+,51+,61+,62+,75?,76?/m1/s1/i/hD3. The van der Waals surface area contributed by atoms with E-state index in [0.717, 1.165) is 77.0 Å². The topological polar surface area (TPSA) is 747 Å². The SMILES string of the molecule is [2H]N(CC(=O)N[C@@H](CO)C(=O)N[C@H](C(=O)c1cccc(C(=O)C[C@H](N)C(=O)O)c1N)[C@H](C)CC(=O)O)C(=O)[C@H](CC(=O)O)NC(=O)[C@H](C)NC(=O)[C@H](CC(=O)O)N([2H])C(=O)[C@H](CCCN)NC(=O)CNC(=O)[C@@H](NC(=O)[C@H](CC(=O)O)NC(=O)[C@H](CC(N)=O)NC(=O)[C@H](Cc1c[nH]c2ccccc12)N([2H])C(=O)C12CCC(CCCCC)(CC1)CC2)[C@@H](C)O. The number of Topliss-reactive ketones (excluding diaryl/α,β-unsaturated/α-hetero) is 2. The third-order valence-electron chi connectivity index (χ3n) is 20.6. The highest BCUT2D eigenvalue weighted by Gasteiger charge is 2.53. The minimum Gasteiger partial charge on any atom is -0.481 e. The molecule has 0 unspecified atom stereocenters. The number of H-pyrrole nitrogens is 1. The molecule has 0 aliphatic heterocycles. The molecule has 1 aromatic heterocycles. The van der Waals surface area contributed by atoms with Gasteiger partial charge in [0.1, 0.15) is 60.4 Å². The van der Waals surface area contributed by atoms with Crippen LogP contribution in [-0.4, -0.2) is 258 Å². The predicted octanol–water partition coefficient (Wildman–Crippen LogP) is -5.30. The number of aliphatic carboxylic acids is 5. The van der Waals surface area contributed by atoms with Crippen LogP contribution in [0.4, 0.5) is 5.69 Å². The number of carboxylic acid groups (broad SMARTS) is 5. The number of aliphatic hydroxyl groups excluding tert-OH is 2. The van der Waals surface area contributed by atoms with E-state index in [9.17, 15) is 133 Å². The molecule has 120 heavy (non-hydrogen) atoms. The van der Waals surface area contributed by atoms with Gasteiger partial charge in [-0.1, -0.05) is 57.4 Å². The molecule has 6 rings (SSSR count). The first-order valence-corrected chi connectivity index (χ1v) is 38.5. The summed E-state index contributed by atoms with van der Waals surface area (Å²) in [6.07, 6.45) is -0.0243. The number of ketones is 2. The van der Waals surface area contributed by atoms with Gasteiger partial charge in [0.15, 0.2) is 15.8 Å². The zero-order chi connectivity index (χ0) is 92.2. The smallest absolute Gasteiger partial charge is 0.320 e. The minimum absolute atomic E-state index is 0.0611. The number of aromatic amines is 1. The third-order valence-corrected chi connectivity index (χ3v) is 20.6. The van der Waals surface area contributed by atoms with Crippen molar-refractivity contribution in [2.24, 2.45) is 33.9 Å². The molecule has 3 fully saturated rings. The Morgan fingerprint density at radius 3 is 1.63 bits per heavy atom. The molecule has 658 valence electrons. The summed E-state index contributed by atoms with van der Waals surface area (Å²) >= 11 is 0. The van der Waals surface area contributed by atoms with Crippen LogP contribution in [0.1, 0.15) is 170 Å². The first-order valence-electron chi connectivity index (χ1n) is 39.9. The lowest BCUT2D eigenvalue weighted by atomic mass is 9.52. The fourth-order valence-electron chi connectivity index (χ4n) is 13.8. The van der Waals surface area contributed by atoms with Gasteiger partial charge in [-0.15, -0.1) is 0 Å². The van der Waals surface area contributed by atoms with Crippen molar-refractivity contribution in [3.8, 4) is 0 Å². The number of primary amides is 1. The molecule has 0 radical (unpaired) electrons. The maximum Gasteiger partial charge on any atom is 0.320 e. The molecule has 0 saturated heterocycles. The Morgan fingerprint density at radius 1 is 0.533 bits per heavy atom. The lowest BCUT2D eigenvalue weighted by Crippen LogP contribution is -2.61. The molecule has 1 heterocycles. The number of aromatic nitrogens is 1. The molecule has 28 N–H and O–H groups in total. The number of amides is 13. The summed E-state index contributed by atoms with van der Waals surface area (Å²) in [5.41, 5.74) is 21.7. The van der Waals surface area contributed by atoms with Crippen molar-refractivity contribution in [2.75, 3.05) is 32.0 Å². The van der Waals surface area contributed by atoms with E-state index in [1.807, 2.05) is 16.0 Å². The maximum absolute atomic E-state index is 14.7. The van der Waals surface area contributed by atoms with Gasteiger partial charge in [-0.3, -0.25) is 95.9 Å². The lowest BCUT2D eigenvalue weighted by Gasteiger charge is -2.53. The van der Waals surface area contributed by atoms with Gasteiger partial charge in [0, 0.05) is 46.5 Å². The molecule has 13 atom stereocenters. The number of unbranched alkanes of at least 4 members (excludes halogenated alkanes) is 2. The highest BCUT2D eigenvalue weighted by Crippen LogP contribution is 2.59. The van der Waals surface area contributed by atoms with E-state index in [4.69, 9.17) is 25.8 Å². The van der Waals surface area contributed by atoms with Crippen molar-refractivity contribution in [1.29, 1.82) is 0 Å². The fraction of sp³-hybridized carbons (Fsp3) is 0.553. The Bertz CT molecular complexity index is 4430. The Hall–Kier alpha value is -12.6. The first-order chi connectivity index (χ1) is 57.7. The van der Waals surface area contributed by atoms with E-state index >= 15 is 0 Å². The molecule has 2 bridgehead atoms. The van der Waals surface area contributed by atoms with Crippen LogP contribution in [0.5, 0.6) is 0 Å². The van der Waals surface area contributed by atoms with E-state index in [2.05, 4.69) is 43.8 Å². The number of nitrogens with two attached hydrogens (primary N) is 4. The molecule has 44 heteroatoms. The van der Waals surface area contributed by atoms with Gasteiger partial charge in [-0.2, -0.15) is 0 Å². The van der Waals surface area contributed by atoms with Gasteiger partial charge in [-0.05, 0) is 113 Å². The number of nitrogen functional groups attached to an aromatic ring is 1. The second-order valence-electron chi connectivity index (χ2n) is 29.8. The van der Waals surface area contributed by atoms with Crippen molar-refractivity contribution in [3.63, 3.8) is 0 Å². The monoisotopic (exact) mass is 1690 g/mol. The molecule has 3 saturated carbocycles. The van der Waals surface area contributed by atoms with Crippen LogP contribution in [0.25, 0.3) is 10.9 Å². The third kappa shape index (κ3) is 29.2. The molecular formula is C76H107N17O27. The minimum atomic E-state index is -2.41. The van der Waals surface area contributed by atoms with Crippen LogP contribution >= 0.6 is 0 Å². The van der Waals surface area contributed by atoms with Crippen molar-refractivity contribution in [2.45, 2.75) is 222 Å². The molecule has 3 aliphatic rings. The zero-order valence-corrected chi connectivity index (χ0v) is 66.3. The second kappa shape index (κ2) is 46.0. The van der Waals surface area contributed by atoms with Crippen LogP contribution in [-0.2, 0) is 92.7 Å². The summed E-state index contributed by atoms with van der Waals surface area (Å²) in [5.74, 6) is -29.4. The number of fused-ring (bicyclic) bond motifs is 4. The molecule has 44 nitrogen and oxygen atoms in total. The Balaban J connectivity index is 1.23. The summed E-state index contributed by atoms with van der Waals surface area (Å²) in [4.78, 5) is 269. The number of aliphatic hydroxyl groups is 2. The van der Waals surface area contributed by atoms with Crippen LogP contribution in [0.15, 0.2) is 48.7 Å². The van der Waals surface area contributed by atoms with Crippen molar-refractivity contribution in [3.05, 3.63) is 65.4 Å². The average Bonchev–Trinajstić information content (AvgIpc) is 0.884. The van der Waals surface area contributed by atoms with E-state index < -0.39 is 278 Å². The van der Waals surface area contributed by atoms with Crippen LogP contribution in [0, 0.1) is 16.7 Å². The maximum atomic E-state index is 14.7. The lowest BCUT2D eigenvalue weighted by molar-refractivity contribution is -0.144. The largest absolute Gasteiger partial charge is 0.481 e. The summed E-state index contributed by atoms with van der Waals surface area (Å²) in [6, 6.07) is -11.8. The van der Waals surface area contributed by atoms with Crippen LogP contribution < -0.4 is 86.7 Å². The van der Waals surface area contributed by atoms with Crippen molar-refractivity contribution >= 4 is 135 Å². The van der Waals surface area contributed by atoms with E-state index in [1.54, 1.807) is 30.5 Å². The number of carbonyl (C=O) groups is 20. The number of carbonyl (C=O) groups excluding carboxylic acids is 15. The van der Waals surface area contributed by atoms with Gasteiger partial charge < -0.3 is 127 Å². The number of benzene rings is 2. The molecule has 3 aromatic rings. The Morgan fingerprint density at radius 2 is 1.06 bits per heavy atom. The summed E-state index contributed by atoms with van der Waals surface area (Å²) in [7, 11) is 0. The molecule has 0 spiro atoms. The first kappa shape index (κ1) is 92.9.